The van der Waals surface area contributed by atoms with Crippen molar-refractivity contribution in [3.63, 3.8) is 0 Å². The number of anilines is 1. The second kappa shape index (κ2) is 4.56. The first-order valence-electron chi connectivity index (χ1n) is 6.15. The van der Waals surface area contributed by atoms with Gasteiger partial charge in [-0.15, -0.1) is 0 Å². The molecule has 2 aliphatic heterocycles. The van der Waals surface area contributed by atoms with E-state index >= 15 is 0 Å². The minimum Gasteiger partial charge on any atom is -1.00 e. The number of phenolic OH excluding ortho intramolecular Hbond substituents is 1. The average molecular weight is 359 g/mol. The molecule has 5 nitrogen and oxygen atoms in total. The number of phenols is 1. The third-order valence-electron chi connectivity index (χ3n) is 3.80. The highest BCUT2D eigenvalue weighted by Crippen LogP contribution is 2.44. The van der Waals surface area contributed by atoms with E-state index < -0.39 is 0 Å². The maximum Gasteiger partial charge on any atom is 0.360 e. The first kappa shape index (κ1) is 13.6. The van der Waals surface area contributed by atoms with E-state index in [1.807, 2.05) is 23.9 Å². The Labute approximate surface area is 130 Å². The van der Waals surface area contributed by atoms with Crippen LogP contribution in [0.1, 0.15) is 18.0 Å². The van der Waals surface area contributed by atoms with Crippen LogP contribution >= 0.6 is 15.9 Å². The number of aromatic hydroxyl groups is 1. The Balaban J connectivity index is 0.00000121. The summed E-state index contributed by atoms with van der Waals surface area (Å²) in [4.78, 5) is 0. The summed E-state index contributed by atoms with van der Waals surface area (Å²) in [5.74, 6) is 1.99. The molecule has 0 aliphatic carbocycles. The van der Waals surface area contributed by atoms with Gasteiger partial charge in [0, 0.05) is 11.6 Å². The second-order valence-corrected chi connectivity index (χ2v) is 5.84. The summed E-state index contributed by atoms with van der Waals surface area (Å²) in [6.07, 6.45) is 4.93. The lowest BCUT2D eigenvalue weighted by molar-refractivity contribution is -0.657. The molecule has 0 amide bonds. The van der Waals surface area contributed by atoms with Crippen molar-refractivity contribution in [3.8, 4) is 11.5 Å². The van der Waals surface area contributed by atoms with Gasteiger partial charge in [-0.3, -0.25) is 0 Å². The minimum atomic E-state index is -0.0494. The number of ether oxygens (including phenoxy) is 1. The fourth-order valence-electron chi connectivity index (χ4n) is 2.87. The molecular weight excluding hydrogens is 346 g/mol. The van der Waals surface area contributed by atoms with E-state index in [1.54, 1.807) is 6.07 Å². The zero-order valence-corrected chi connectivity index (χ0v) is 13.0. The topological polar surface area (TPSA) is 50.3 Å². The number of hydrogen-bond acceptors (Lipinski definition) is 3. The summed E-state index contributed by atoms with van der Waals surface area (Å²) < 4.78 is 10.9. The molecule has 2 unspecified atom stereocenters. The number of halogens is 2. The van der Waals surface area contributed by atoms with E-state index in [0.717, 1.165) is 23.7 Å². The maximum atomic E-state index is 9.78. The van der Waals surface area contributed by atoms with Gasteiger partial charge >= 0.3 is 5.95 Å². The van der Waals surface area contributed by atoms with Crippen LogP contribution in [-0.4, -0.2) is 15.9 Å². The standard InChI is InChI=1S/C13H12BrN3O2.ClH/c1-16-2-3-17-9-5-12(15-13(16)17)19-11-6-10(18)8(14)4-7(9)11;/h2-4,6,9,12,18H,5H2,1H3;1H. The molecule has 0 radical (unpaired) electrons. The van der Waals surface area contributed by atoms with E-state index in [9.17, 15) is 5.11 Å². The van der Waals surface area contributed by atoms with E-state index in [-0.39, 0.29) is 30.4 Å². The number of fused-ring (bicyclic) bond motifs is 6. The van der Waals surface area contributed by atoms with Crippen LogP contribution in [0.25, 0.3) is 0 Å². The van der Waals surface area contributed by atoms with Gasteiger partial charge in [0.05, 0.1) is 30.3 Å². The molecule has 2 bridgehead atoms. The van der Waals surface area contributed by atoms with E-state index in [1.165, 1.54) is 0 Å². The number of benzene rings is 1. The molecule has 1 aromatic carbocycles. The average Bonchev–Trinajstić information content (AvgIpc) is 2.74. The molecule has 2 aliphatic rings. The summed E-state index contributed by atoms with van der Waals surface area (Å²) in [6.45, 7) is 0. The smallest absolute Gasteiger partial charge is 0.360 e. The Morgan fingerprint density at radius 2 is 2.30 bits per heavy atom. The molecule has 1 aromatic heterocycles. The monoisotopic (exact) mass is 357 g/mol. The molecule has 3 heterocycles. The van der Waals surface area contributed by atoms with Crippen molar-refractivity contribution >= 4 is 21.9 Å². The minimum absolute atomic E-state index is 0. The molecule has 7 heteroatoms. The number of imidazole rings is 1. The van der Waals surface area contributed by atoms with Crippen molar-refractivity contribution in [3.05, 3.63) is 34.6 Å². The molecule has 2 atom stereocenters. The van der Waals surface area contributed by atoms with Gasteiger partial charge in [-0.05, 0) is 22.0 Å². The highest BCUT2D eigenvalue weighted by atomic mass is 79.9. The highest BCUT2D eigenvalue weighted by Gasteiger charge is 2.41. The Morgan fingerprint density at radius 1 is 1.50 bits per heavy atom. The lowest BCUT2D eigenvalue weighted by atomic mass is 9.97. The number of aryl methyl sites for hydroxylation is 1. The molecule has 2 aromatic rings. The number of nitrogens with one attached hydrogen (secondary N) is 1. The highest BCUT2D eigenvalue weighted by molar-refractivity contribution is 9.10. The third kappa shape index (κ3) is 1.78. The number of hydrogen-bond donors (Lipinski definition) is 2. The normalized spacial score (nSPS) is 21.9. The van der Waals surface area contributed by atoms with Crippen molar-refractivity contribution in [1.29, 1.82) is 0 Å². The first-order valence-corrected chi connectivity index (χ1v) is 6.95. The molecular formula is C13H13BrClN3O2. The number of rotatable bonds is 0. The van der Waals surface area contributed by atoms with E-state index in [2.05, 4.69) is 32.0 Å². The zero-order chi connectivity index (χ0) is 13.1. The van der Waals surface area contributed by atoms with Crippen LogP contribution in [0.5, 0.6) is 11.5 Å². The van der Waals surface area contributed by atoms with Crippen LogP contribution in [0.4, 0.5) is 5.95 Å². The molecule has 2 N–H and O–H groups in total. The molecule has 20 heavy (non-hydrogen) atoms. The summed E-state index contributed by atoms with van der Waals surface area (Å²) in [7, 11) is 2.01. The molecule has 106 valence electrons. The Morgan fingerprint density at radius 3 is 3.10 bits per heavy atom. The van der Waals surface area contributed by atoms with Gasteiger partial charge in [-0.1, -0.05) is 0 Å². The van der Waals surface area contributed by atoms with Crippen LogP contribution in [-0.2, 0) is 7.05 Å². The summed E-state index contributed by atoms with van der Waals surface area (Å²) in [5.41, 5.74) is 1.10. The molecule has 0 saturated heterocycles. The van der Waals surface area contributed by atoms with Gasteiger partial charge in [-0.25, -0.2) is 14.5 Å². The van der Waals surface area contributed by atoms with Crippen LogP contribution in [0.15, 0.2) is 29.0 Å². The van der Waals surface area contributed by atoms with Gasteiger partial charge < -0.3 is 22.3 Å². The molecule has 0 saturated carbocycles. The first-order chi connectivity index (χ1) is 9.13. The third-order valence-corrected chi connectivity index (χ3v) is 4.44. The van der Waals surface area contributed by atoms with Crippen LogP contribution < -0.4 is 27.0 Å². The van der Waals surface area contributed by atoms with Crippen LogP contribution in [0.3, 0.4) is 0 Å². The zero-order valence-electron chi connectivity index (χ0n) is 10.7. The van der Waals surface area contributed by atoms with Gasteiger partial charge in [0.2, 0.25) is 6.23 Å². The Bertz CT molecular complexity index is 688. The maximum absolute atomic E-state index is 9.78. The van der Waals surface area contributed by atoms with Crippen molar-refractivity contribution in [2.75, 3.05) is 5.32 Å². The molecule has 4 rings (SSSR count). The number of aromatic nitrogens is 2. The largest absolute Gasteiger partial charge is 1.00 e. The van der Waals surface area contributed by atoms with Crippen molar-refractivity contribution in [2.45, 2.75) is 18.7 Å². The van der Waals surface area contributed by atoms with Gasteiger partial charge in [0.15, 0.2) is 0 Å². The fraction of sp³-hybridized carbons (Fsp3) is 0.308. The Kier molecular flexibility index (Phi) is 3.10. The quantitative estimate of drug-likeness (QED) is 0.589. The van der Waals surface area contributed by atoms with Gasteiger partial charge in [0.25, 0.3) is 0 Å². The van der Waals surface area contributed by atoms with Crippen LogP contribution in [0, 0.1) is 0 Å². The van der Waals surface area contributed by atoms with E-state index in [0.29, 0.717) is 4.47 Å². The van der Waals surface area contributed by atoms with Crippen molar-refractivity contribution in [2.24, 2.45) is 7.05 Å². The Hall–Kier alpha value is -1.40. The molecule has 0 spiro atoms. The van der Waals surface area contributed by atoms with Crippen LogP contribution in [0.2, 0.25) is 0 Å². The lowest BCUT2D eigenvalue weighted by Gasteiger charge is -2.34. The van der Waals surface area contributed by atoms with Gasteiger partial charge in [-0.2, -0.15) is 0 Å². The van der Waals surface area contributed by atoms with Crippen molar-refractivity contribution < 1.29 is 26.8 Å². The number of nitrogens with zero attached hydrogens (tertiary/aromatic N) is 2. The van der Waals surface area contributed by atoms with Crippen molar-refractivity contribution in [1.82, 2.24) is 4.57 Å². The second-order valence-electron chi connectivity index (χ2n) is 4.98. The van der Waals surface area contributed by atoms with E-state index in [4.69, 9.17) is 4.74 Å². The summed E-state index contributed by atoms with van der Waals surface area (Å²) >= 11 is 3.37. The lowest BCUT2D eigenvalue weighted by Crippen LogP contribution is -3.00. The predicted octanol–water partition coefficient (Wildman–Crippen LogP) is -1.09. The van der Waals surface area contributed by atoms with Gasteiger partial charge in [0.1, 0.15) is 17.5 Å². The molecule has 0 fully saturated rings. The fourth-order valence-corrected chi connectivity index (χ4v) is 3.23. The predicted molar refractivity (Wildman–Crippen MR) is 72.2 cm³/mol. The SMILES string of the molecule is C[n+]1ccn2c1NC1CC2c2cc(Br)c(O)cc2O1.[Cl-]. The summed E-state index contributed by atoms with van der Waals surface area (Å²) in [5, 5.41) is 13.1. The summed E-state index contributed by atoms with van der Waals surface area (Å²) in [6, 6.07) is 3.86.